The molecule has 0 spiro atoms. The van der Waals surface area contributed by atoms with Gasteiger partial charge in [-0.15, -0.1) is 11.3 Å². The molecule has 2 aromatic heterocycles. The van der Waals surface area contributed by atoms with Gasteiger partial charge in [-0.3, -0.25) is 4.90 Å². The predicted octanol–water partition coefficient (Wildman–Crippen LogP) is 3.81. The van der Waals surface area contributed by atoms with Gasteiger partial charge >= 0.3 is 0 Å². The molecule has 0 N–H and O–H groups in total. The lowest BCUT2D eigenvalue weighted by atomic mass is 10.1. The Morgan fingerprint density at radius 2 is 1.77 bits per heavy atom. The molecule has 1 aromatic carbocycles. The minimum absolute atomic E-state index is 0.380. The number of hydrogen-bond acceptors (Lipinski definition) is 7. The Kier molecular flexibility index (Phi) is 5.95. The van der Waals surface area contributed by atoms with Gasteiger partial charge in [-0.25, -0.2) is 9.97 Å². The molecule has 0 bridgehead atoms. The number of hydrogen-bond donors (Lipinski definition) is 0. The first kappa shape index (κ1) is 19.9. The van der Waals surface area contributed by atoms with Gasteiger partial charge in [0.25, 0.3) is 0 Å². The van der Waals surface area contributed by atoms with Crippen molar-refractivity contribution in [1.82, 2.24) is 14.9 Å². The number of morpholine rings is 1. The Bertz CT molecular complexity index is 988. The van der Waals surface area contributed by atoms with Gasteiger partial charge < -0.3 is 14.4 Å². The highest BCUT2D eigenvalue weighted by molar-refractivity contribution is 7.17. The Labute approximate surface area is 181 Å². The van der Waals surface area contributed by atoms with Crippen molar-refractivity contribution in [2.75, 3.05) is 51.0 Å². The summed E-state index contributed by atoms with van der Waals surface area (Å²) in [6.45, 7) is 8.88. The van der Waals surface area contributed by atoms with Crippen LogP contribution in [0.5, 0.6) is 0 Å². The van der Waals surface area contributed by atoms with E-state index in [1.807, 2.05) is 0 Å². The fourth-order valence-electron chi connectivity index (χ4n) is 4.24. The van der Waals surface area contributed by atoms with E-state index >= 15 is 0 Å². The van der Waals surface area contributed by atoms with Crippen LogP contribution in [0.2, 0.25) is 0 Å². The number of fused-ring (bicyclic) bond motifs is 1. The van der Waals surface area contributed by atoms with E-state index in [1.54, 1.807) is 11.3 Å². The smallest absolute Gasteiger partial charge is 0.146 e. The zero-order valence-corrected chi connectivity index (χ0v) is 18.2. The fraction of sp³-hybridized carbons (Fsp3) is 0.478. The molecule has 2 saturated heterocycles. The van der Waals surface area contributed by atoms with Crippen LogP contribution >= 0.6 is 11.3 Å². The average molecular weight is 425 g/mol. The summed E-state index contributed by atoms with van der Waals surface area (Å²) in [4.78, 5) is 16.0. The Hall–Kier alpha value is -2.06. The zero-order valence-electron chi connectivity index (χ0n) is 17.4. The highest BCUT2D eigenvalue weighted by Crippen LogP contribution is 2.39. The standard InChI is InChI=1S/C23H28N4O2S/c1-17-7-11-28-14-10-27(17)22-21-19(18-5-3-2-4-6-18)16-30-23(21)25-20(24-22)15-26-8-12-29-13-9-26/h2-6,16-17H,7-15H2,1H3/t17-/m1/s1. The van der Waals surface area contributed by atoms with Crippen molar-refractivity contribution in [3.8, 4) is 11.1 Å². The van der Waals surface area contributed by atoms with Gasteiger partial charge in [-0.1, -0.05) is 30.3 Å². The molecule has 1 atom stereocenters. The first-order valence-electron chi connectivity index (χ1n) is 10.8. The molecule has 3 aromatic rings. The third kappa shape index (κ3) is 4.07. The van der Waals surface area contributed by atoms with Gasteiger partial charge in [0, 0.05) is 43.2 Å². The summed E-state index contributed by atoms with van der Waals surface area (Å²) < 4.78 is 11.3. The summed E-state index contributed by atoms with van der Waals surface area (Å²) in [7, 11) is 0. The van der Waals surface area contributed by atoms with Crippen molar-refractivity contribution in [2.45, 2.75) is 25.9 Å². The molecule has 4 heterocycles. The van der Waals surface area contributed by atoms with Crippen LogP contribution in [0.4, 0.5) is 5.82 Å². The van der Waals surface area contributed by atoms with Crippen molar-refractivity contribution < 1.29 is 9.47 Å². The third-order valence-electron chi connectivity index (χ3n) is 5.97. The van der Waals surface area contributed by atoms with Crippen LogP contribution in [-0.2, 0) is 16.0 Å². The maximum Gasteiger partial charge on any atom is 0.146 e. The van der Waals surface area contributed by atoms with Gasteiger partial charge in [0.2, 0.25) is 0 Å². The second-order valence-corrected chi connectivity index (χ2v) is 8.85. The van der Waals surface area contributed by atoms with Crippen molar-refractivity contribution >= 4 is 27.4 Å². The number of aromatic nitrogens is 2. The van der Waals surface area contributed by atoms with E-state index < -0.39 is 0 Å². The van der Waals surface area contributed by atoms with Crippen LogP contribution in [0.15, 0.2) is 35.7 Å². The molecular weight excluding hydrogens is 396 g/mol. The van der Waals surface area contributed by atoms with Crippen LogP contribution in [0.3, 0.4) is 0 Å². The molecule has 2 fully saturated rings. The van der Waals surface area contributed by atoms with E-state index in [9.17, 15) is 0 Å². The molecule has 30 heavy (non-hydrogen) atoms. The normalized spacial score (nSPS) is 21.1. The molecular formula is C23H28N4O2S. The summed E-state index contributed by atoms with van der Waals surface area (Å²) >= 11 is 1.72. The molecule has 0 unspecified atom stereocenters. The molecule has 0 saturated carbocycles. The summed E-state index contributed by atoms with van der Waals surface area (Å²) in [6.07, 6.45) is 1.01. The number of anilines is 1. The van der Waals surface area contributed by atoms with Crippen LogP contribution in [0, 0.1) is 0 Å². The van der Waals surface area contributed by atoms with E-state index in [0.29, 0.717) is 6.04 Å². The number of benzene rings is 1. The number of thiophene rings is 1. The second-order valence-electron chi connectivity index (χ2n) is 7.99. The van der Waals surface area contributed by atoms with E-state index in [4.69, 9.17) is 19.4 Å². The van der Waals surface area contributed by atoms with Crippen molar-refractivity contribution in [2.24, 2.45) is 0 Å². The maximum atomic E-state index is 5.77. The molecule has 0 aliphatic carbocycles. The first-order valence-corrected chi connectivity index (χ1v) is 11.7. The minimum atomic E-state index is 0.380. The zero-order chi connectivity index (χ0) is 20.3. The van der Waals surface area contributed by atoms with Crippen LogP contribution in [0.25, 0.3) is 21.3 Å². The molecule has 2 aliphatic rings. The molecule has 158 valence electrons. The molecule has 0 radical (unpaired) electrons. The topological polar surface area (TPSA) is 50.7 Å². The summed E-state index contributed by atoms with van der Waals surface area (Å²) in [5.74, 6) is 1.96. The van der Waals surface area contributed by atoms with Gasteiger partial charge in [0.1, 0.15) is 16.5 Å². The van der Waals surface area contributed by atoms with Crippen molar-refractivity contribution in [1.29, 1.82) is 0 Å². The lowest BCUT2D eigenvalue weighted by Crippen LogP contribution is -2.37. The van der Waals surface area contributed by atoms with E-state index in [-0.39, 0.29) is 0 Å². The second kappa shape index (κ2) is 8.98. The van der Waals surface area contributed by atoms with E-state index in [2.05, 4.69) is 52.4 Å². The lowest BCUT2D eigenvalue weighted by Gasteiger charge is -2.30. The largest absolute Gasteiger partial charge is 0.380 e. The minimum Gasteiger partial charge on any atom is -0.380 e. The van der Waals surface area contributed by atoms with Crippen LogP contribution < -0.4 is 4.90 Å². The Balaban J connectivity index is 1.61. The number of ether oxygens (including phenoxy) is 2. The van der Waals surface area contributed by atoms with Crippen molar-refractivity contribution in [3.63, 3.8) is 0 Å². The van der Waals surface area contributed by atoms with Crippen LogP contribution in [0.1, 0.15) is 19.2 Å². The predicted molar refractivity (Wildman–Crippen MR) is 121 cm³/mol. The van der Waals surface area contributed by atoms with Gasteiger partial charge in [0.15, 0.2) is 0 Å². The molecule has 0 amide bonds. The Morgan fingerprint density at radius 1 is 1.00 bits per heavy atom. The SMILES string of the molecule is C[C@@H]1CCOCCN1c1nc(CN2CCOCC2)nc2scc(-c3ccccc3)c12. The maximum absolute atomic E-state index is 5.77. The lowest BCUT2D eigenvalue weighted by molar-refractivity contribution is 0.0331. The monoisotopic (exact) mass is 424 g/mol. The summed E-state index contributed by atoms with van der Waals surface area (Å²) in [5, 5.41) is 3.40. The summed E-state index contributed by atoms with van der Waals surface area (Å²) in [6, 6.07) is 11.0. The summed E-state index contributed by atoms with van der Waals surface area (Å²) in [5.41, 5.74) is 2.44. The highest BCUT2D eigenvalue weighted by Gasteiger charge is 2.25. The number of rotatable bonds is 4. The van der Waals surface area contributed by atoms with E-state index in [1.165, 1.54) is 16.5 Å². The average Bonchev–Trinajstić information content (AvgIpc) is 3.09. The van der Waals surface area contributed by atoms with E-state index in [0.717, 1.165) is 75.5 Å². The van der Waals surface area contributed by atoms with Crippen LogP contribution in [-0.4, -0.2) is 67.0 Å². The third-order valence-corrected chi connectivity index (χ3v) is 6.85. The first-order chi connectivity index (χ1) is 14.8. The Morgan fingerprint density at radius 3 is 2.60 bits per heavy atom. The molecule has 7 heteroatoms. The fourth-order valence-corrected chi connectivity index (χ4v) is 5.20. The molecule has 5 rings (SSSR count). The molecule has 2 aliphatic heterocycles. The van der Waals surface area contributed by atoms with Gasteiger partial charge in [0.05, 0.1) is 31.8 Å². The highest BCUT2D eigenvalue weighted by atomic mass is 32.1. The van der Waals surface area contributed by atoms with Gasteiger partial charge in [-0.05, 0) is 18.9 Å². The molecule has 6 nitrogen and oxygen atoms in total. The number of nitrogens with zero attached hydrogens (tertiary/aromatic N) is 4. The van der Waals surface area contributed by atoms with Crippen molar-refractivity contribution in [3.05, 3.63) is 41.5 Å². The quantitative estimate of drug-likeness (QED) is 0.635. The van der Waals surface area contributed by atoms with Gasteiger partial charge in [-0.2, -0.15) is 0 Å².